The van der Waals surface area contributed by atoms with E-state index in [0.29, 0.717) is 22.6 Å². The Morgan fingerprint density at radius 2 is 2.05 bits per heavy atom. The highest BCUT2D eigenvalue weighted by Crippen LogP contribution is 2.27. The Morgan fingerprint density at radius 1 is 1.36 bits per heavy atom. The molecule has 8 heteroatoms. The molecule has 0 aliphatic rings. The first-order valence-corrected chi connectivity index (χ1v) is 8.49. The number of Topliss-reactive ketones (excluding diaryl/α,β-unsaturated/α-hetero) is 1. The van der Waals surface area contributed by atoms with Crippen molar-refractivity contribution >= 4 is 33.1 Å². The predicted molar refractivity (Wildman–Crippen MR) is 84.9 cm³/mol. The van der Waals surface area contributed by atoms with E-state index in [-0.39, 0.29) is 22.1 Å². The van der Waals surface area contributed by atoms with Crippen LogP contribution in [0.3, 0.4) is 0 Å². The van der Waals surface area contributed by atoms with Gasteiger partial charge in [0.1, 0.15) is 4.90 Å². The lowest BCUT2D eigenvalue weighted by Gasteiger charge is -2.11. The van der Waals surface area contributed by atoms with Crippen molar-refractivity contribution in [1.29, 1.82) is 0 Å². The van der Waals surface area contributed by atoms with E-state index in [2.05, 4.69) is 14.9 Å². The Balaban J connectivity index is 2.47. The number of aryl methyl sites for hydroxylation is 2. The predicted octanol–water partition coefficient (Wildman–Crippen LogP) is 3.07. The number of sulfonamides is 1. The number of benzene rings is 1. The highest BCUT2D eigenvalue weighted by atomic mass is 35.5. The Morgan fingerprint density at radius 3 is 2.59 bits per heavy atom. The van der Waals surface area contributed by atoms with Crippen LogP contribution < -0.4 is 4.72 Å². The van der Waals surface area contributed by atoms with E-state index in [4.69, 9.17) is 11.6 Å². The molecule has 1 aromatic carbocycles. The molecule has 0 saturated heterocycles. The van der Waals surface area contributed by atoms with E-state index >= 15 is 0 Å². The van der Waals surface area contributed by atoms with Gasteiger partial charge in [-0.1, -0.05) is 18.5 Å². The van der Waals surface area contributed by atoms with Crippen molar-refractivity contribution in [1.82, 2.24) is 10.2 Å². The van der Waals surface area contributed by atoms with Crippen LogP contribution in [-0.4, -0.2) is 24.4 Å². The minimum atomic E-state index is -3.92. The summed E-state index contributed by atoms with van der Waals surface area (Å²) < 4.78 is 27.5. The van der Waals surface area contributed by atoms with Crippen LogP contribution in [0.1, 0.15) is 35.1 Å². The largest absolute Gasteiger partial charge is 0.294 e. The molecular formula is C14H16ClN3O3S. The Kier molecular flexibility index (Phi) is 4.58. The molecule has 1 heterocycles. The maximum Gasteiger partial charge on any atom is 0.263 e. The summed E-state index contributed by atoms with van der Waals surface area (Å²) in [6.45, 7) is 5.10. The lowest BCUT2D eigenvalue weighted by atomic mass is 10.1. The summed E-state index contributed by atoms with van der Waals surface area (Å²) >= 11 is 5.99. The van der Waals surface area contributed by atoms with Crippen molar-refractivity contribution in [2.75, 3.05) is 4.72 Å². The number of carbonyl (C=O) groups is 1. The number of carbonyl (C=O) groups excluding carboxylic acids is 1. The number of hydrogen-bond donors (Lipinski definition) is 2. The number of hydrogen-bond acceptors (Lipinski definition) is 4. The van der Waals surface area contributed by atoms with E-state index in [0.717, 1.165) is 0 Å². The van der Waals surface area contributed by atoms with Crippen LogP contribution in [0.2, 0.25) is 5.02 Å². The van der Waals surface area contributed by atoms with Crippen molar-refractivity contribution in [3.63, 3.8) is 0 Å². The van der Waals surface area contributed by atoms with Crippen LogP contribution in [0.5, 0.6) is 0 Å². The Hall–Kier alpha value is -1.86. The zero-order chi connectivity index (χ0) is 16.5. The fourth-order valence-electron chi connectivity index (χ4n) is 1.98. The second kappa shape index (κ2) is 6.10. The quantitative estimate of drug-likeness (QED) is 0.817. The third kappa shape index (κ3) is 3.15. The fraction of sp³-hybridized carbons (Fsp3) is 0.286. The van der Waals surface area contributed by atoms with Crippen LogP contribution in [0.15, 0.2) is 23.1 Å². The van der Waals surface area contributed by atoms with Crippen LogP contribution in [0.4, 0.5) is 5.69 Å². The summed E-state index contributed by atoms with van der Waals surface area (Å²) in [4.78, 5) is 11.6. The minimum Gasteiger partial charge on any atom is -0.294 e. The van der Waals surface area contributed by atoms with Gasteiger partial charge in [0.2, 0.25) is 0 Å². The van der Waals surface area contributed by atoms with E-state index < -0.39 is 10.0 Å². The number of aromatic amines is 1. The molecule has 0 aliphatic carbocycles. The molecular weight excluding hydrogens is 326 g/mol. The minimum absolute atomic E-state index is 0.0546. The molecule has 0 atom stereocenters. The van der Waals surface area contributed by atoms with Gasteiger partial charge in [-0.2, -0.15) is 5.10 Å². The molecule has 0 spiro atoms. The number of nitrogens with one attached hydrogen (secondary N) is 2. The zero-order valence-electron chi connectivity index (χ0n) is 12.4. The van der Waals surface area contributed by atoms with E-state index in [1.54, 1.807) is 20.8 Å². The average molecular weight is 342 g/mol. The molecule has 6 nitrogen and oxygen atoms in total. The maximum absolute atomic E-state index is 12.5. The summed E-state index contributed by atoms with van der Waals surface area (Å²) in [7, 11) is -3.92. The number of aromatic nitrogens is 2. The number of halogens is 1. The van der Waals surface area contributed by atoms with Crippen molar-refractivity contribution in [3.8, 4) is 0 Å². The van der Waals surface area contributed by atoms with Crippen molar-refractivity contribution in [2.45, 2.75) is 32.1 Å². The smallest absolute Gasteiger partial charge is 0.263 e. The zero-order valence-corrected chi connectivity index (χ0v) is 14.0. The molecule has 118 valence electrons. The number of nitrogens with zero attached hydrogens (tertiary/aromatic N) is 1. The van der Waals surface area contributed by atoms with Gasteiger partial charge in [-0.3, -0.25) is 14.6 Å². The fourth-order valence-corrected chi connectivity index (χ4v) is 3.69. The first-order valence-electron chi connectivity index (χ1n) is 6.63. The number of anilines is 1. The van der Waals surface area contributed by atoms with Crippen LogP contribution in [-0.2, 0) is 10.0 Å². The first-order chi connectivity index (χ1) is 10.3. The lowest BCUT2D eigenvalue weighted by molar-refractivity contribution is 0.0988. The van der Waals surface area contributed by atoms with Gasteiger partial charge in [0.25, 0.3) is 10.0 Å². The molecule has 0 unspecified atom stereocenters. The van der Waals surface area contributed by atoms with Crippen molar-refractivity contribution < 1.29 is 13.2 Å². The number of ketones is 1. The van der Waals surface area contributed by atoms with Crippen molar-refractivity contribution in [2.24, 2.45) is 0 Å². The summed E-state index contributed by atoms with van der Waals surface area (Å²) in [6, 6.07) is 4.22. The molecule has 0 bridgehead atoms. The van der Waals surface area contributed by atoms with Gasteiger partial charge >= 0.3 is 0 Å². The van der Waals surface area contributed by atoms with Gasteiger partial charge in [0.15, 0.2) is 5.78 Å². The molecule has 0 radical (unpaired) electrons. The highest BCUT2D eigenvalue weighted by molar-refractivity contribution is 7.92. The van der Waals surface area contributed by atoms with Gasteiger partial charge in [0, 0.05) is 12.0 Å². The average Bonchev–Trinajstić information content (AvgIpc) is 2.78. The second-order valence-corrected chi connectivity index (χ2v) is 6.89. The normalized spacial score (nSPS) is 11.5. The molecule has 22 heavy (non-hydrogen) atoms. The first kappa shape index (κ1) is 16.5. The molecule has 0 amide bonds. The van der Waals surface area contributed by atoms with E-state index in [1.807, 2.05) is 0 Å². The summed E-state index contributed by atoms with van der Waals surface area (Å²) in [5, 5.41) is 6.69. The monoisotopic (exact) mass is 341 g/mol. The highest BCUT2D eigenvalue weighted by Gasteiger charge is 2.22. The van der Waals surface area contributed by atoms with Gasteiger partial charge < -0.3 is 0 Å². The summed E-state index contributed by atoms with van der Waals surface area (Å²) in [5.41, 5.74) is 1.81. The molecule has 0 saturated carbocycles. The van der Waals surface area contributed by atoms with Crippen LogP contribution >= 0.6 is 11.6 Å². The Labute approximate surface area is 133 Å². The molecule has 1 aromatic heterocycles. The molecule has 0 fully saturated rings. The standard InChI is InChI=1S/C14H16ClN3O3S/c1-4-12(19)10-5-6-11(15)13(7-10)22(20,21)18-14-8(2)16-17-9(14)3/h5-7,18H,4H2,1-3H3,(H,16,17). The number of H-pyrrole nitrogens is 1. The molecule has 0 aliphatic heterocycles. The maximum atomic E-state index is 12.5. The van der Waals surface area contributed by atoms with Crippen LogP contribution in [0.25, 0.3) is 0 Å². The molecule has 2 rings (SSSR count). The van der Waals surface area contributed by atoms with Gasteiger partial charge in [-0.25, -0.2) is 8.42 Å². The third-order valence-corrected chi connectivity index (χ3v) is 5.06. The van der Waals surface area contributed by atoms with E-state index in [9.17, 15) is 13.2 Å². The van der Waals surface area contributed by atoms with Gasteiger partial charge in [0.05, 0.1) is 22.1 Å². The topological polar surface area (TPSA) is 91.9 Å². The lowest BCUT2D eigenvalue weighted by Crippen LogP contribution is -2.15. The van der Waals surface area contributed by atoms with Crippen molar-refractivity contribution in [3.05, 3.63) is 40.2 Å². The number of rotatable bonds is 5. The van der Waals surface area contributed by atoms with E-state index in [1.165, 1.54) is 18.2 Å². The van der Waals surface area contributed by atoms with Gasteiger partial charge in [-0.05, 0) is 32.0 Å². The van der Waals surface area contributed by atoms with Gasteiger partial charge in [-0.15, -0.1) is 0 Å². The third-order valence-electron chi connectivity index (χ3n) is 3.23. The SMILES string of the molecule is CCC(=O)c1ccc(Cl)c(S(=O)(=O)Nc2c(C)n[nH]c2C)c1. The molecule has 2 N–H and O–H groups in total. The Bertz CT molecular complexity index is 808. The van der Waals surface area contributed by atoms with Crippen LogP contribution in [0, 0.1) is 13.8 Å². The summed E-state index contributed by atoms with van der Waals surface area (Å²) in [5.74, 6) is -0.149. The molecule has 2 aromatic rings. The second-order valence-electron chi connectivity index (χ2n) is 4.84. The summed E-state index contributed by atoms with van der Waals surface area (Å²) in [6.07, 6.45) is 0.286.